The molecule has 0 aromatic heterocycles. The van der Waals surface area contributed by atoms with Crippen LogP contribution in [0.15, 0.2) is 18.2 Å². The van der Waals surface area contributed by atoms with Gasteiger partial charge in [-0.25, -0.2) is 0 Å². The predicted molar refractivity (Wildman–Crippen MR) is 80.8 cm³/mol. The summed E-state index contributed by atoms with van der Waals surface area (Å²) in [6, 6.07) is 5.72. The minimum atomic E-state index is -0.0510. The van der Waals surface area contributed by atoms with Gasteiger partial charge in [-0.05, 0) is 24.6 Å². The molecule has 1 aromatic carbocycles. The number of benzene rings is 1. The molecule has 0 fully saturated rings. The van der Waals surface area contributed by atoms with Crippen molar-refractivity contribution in [3.63, 3.8) is 0 Å². The number of ether oxygens (including phenoxy) is 3. The zero-order valence-electron chi connectivity index (χ0n) is 12.9. The molecular formula is C15H24N2O4. The molecule has 0 spiro atoms. The van der Waals surface area contributed by atoms with Gasteiger partial charge in [-0.1, -0.05) is 6.07 Å². The van der Waals surface area contributed by atoms with Gasteiger partial charge in [0.2, 0.25) is 5.91 Å². The monoisotopic (exact) mass is 296 g/mol. The van der Waals surface area contributed by atoms with Crippen molar-refractivity contribution >= 4 is 5.91 Å². The molecule has 0 radical (unpaired) electrons. The Morgan fingerprint density at radius 2 is 2.05 bits per heavy atom. The Morgan fingerprint density at radius 1 is 1.24 bits per heavy atom. The van der Waals surface area contributed by atoms with E-state index in [4.69, 9.17) is 14.2 Å². The second-order valence-electron chi connectivity index (χ2n) is 4.36. The van der Waals surface area contributed by atoms with Crippen LogP contribution in [0.1, 0.15) is 12.5 Å². The fraction of sp³-hybridized carbons (Fsp3) is 0.533. The molecule has 0 heterocycles. The third-order valence-electron chi connectivity index (χ3n) is 2.77. The van der Waals surface area contributed by atoms with Gasteiger partial charge in [0, 0.05) is 20.2 Å². The maximum Gasteiger partial charge on any atom is 0.234 e. The predicted octanol–water partition coefficient (Wildman–Crippen LogP) is 0.946. The van der Waals surface area contributed by atoms with Gasteiger partial charge in [-0.3, -0.25) is 4.79 Å². The standard InChI is InChI=1S/C15H24N2O4/c1-4-21-13-6-5-12(9-14(13)20-3)10-16-11-15(18)17-7-8-19-2/h5-6,9,16H,4,7-8,10-11H2,1-3H3,(H,17,18). The normalized spacial score (nSPS) is 10.2. The van der Waals surface area contributed by atoms with E-state index in [-0.39, 0.29) is 12.5 Å². The molecule has 21 heavy (non-hydrogen) atoms. The van der Waals surface area contributed by atoms with Gasteiger partial charge in [0.25, 0.3) is 0 Å². The second kappa shape index (κ2) is 10.0. The van der Waals surface area contributed by atoms with Crippen LogP contribution in [-0.4, -0.2) is 46.4 Å². The van der Waals surface area contributed by atoms with E-state index in [1.165, 1.54) is 0 Å². The van der Waals surface area contributed by atoms with Crippen molar-refractivity contribution in [2.24, 2.45) is 0 Å². The van der Waals surface area contributed by atoms with Crippen LogP contribution in [0, 0.1) is 0 Å². The molecule has 0 aliphatic heterocycles. The van der Waals surface area contributed by atoms with E-state index in [0.29, 0.717) is 32.1 Å². The number of hydrogen-bond acceptors (Lipinski definition) is 5. The van der Waals surface area contributed by atoms with Crippen LogP contribution >= 0.6 is 0 Å². The molecule has 1 rings (SSSR count). The maximum atomic E-state index is 11.5. The van der Waals surface area contributed by atoms with E-state index < -0.39 is 0 Å². The zero-order chi connectivity index (χ0) is 15.5. The largest absolute Gasteiger partial charge is 0.493 e. The molecule has 0 aliphatic carbocycles. The third kappa shape index (κ3) is 6.46. The molecule has 1 amide bonds. The van der Waals surface area contributed by atoms with Crippen molar-refractivity contribution in [3.8, 4) is 11.5 Å². The van der Waals surface area contributed by atoms with Crippen LogP contribution in [0.2, 0.25) is 0 Å². The van der Waals surface area contributed by atoms with Gasteiger partial charge < -0.3 is 24.8 Å². The highest BCUT2D eigenvalue weighted by Gasteiger charge is 2.06. The highest BCUT2D eigenvalue weighted by molar-refractivity contribution is 5.77. The van der Waals surface area contributed by atoms with Gasteiger partial charge >= 0.3 is 0 Å². The molecule has 0 unspecified atom stereocenters. The molecule has 0 saturated carbocycles. The number of carbonyl (C=O) groups is 1. The van der Waals surface area contributed by atoms with Crippen molar-refractivity contribution in [2.75, 3.05) is 40.5 Å². The molecule has 0 atom stereocenters. The summed E-state index contributed by atoms with van der Waals surface area (Å²) in [5, 5.41) is 5.83. The summed E-state index contributed by atoms with van der Waals surface area (Å²) in [5.41, 5.74) is 1.03. The minimum absolute atomic E-state index is 0.0510. The molecule has 0 saturated heterocycles. The third-order valence-corrected chi connectivity index (χ3v) is 2.77. The Kier molecular flexibility index (Phi) is 8.23. The minimum Gasteiger partial charge on any atom is -0.493 e. The van der Waals surface area contributed by atoms with Gasteiger partial charge in [0.1, 0.15) is 0 Å². The Morgan fingerprint density at radius 3 is 2.71 bits per heavy atom. The Hall–Kier alpha value is -1.79. The molecule has 6 heteroatoms. The maximum absolute atomic E-state index is 11.5. The van der Waals surface area contributed by atoms with Crippen molar-refractivity contribution in [3.05, 3.63) is 23.8 Å². The lowest BCUT2D eigenvalue weighted by atomic mass is 10.2. The lowest BCUT2D eigenvalue weighted by Crippen LogP contribution is -2.35. The second-order valence-corrected chi connectivity index (χ2v) is 4.36. The summed E-state index contributed by atoms with van der Waals surface area (Å²) < 4.78 is 15.6. The van der Waals surface area contributed by atoms with Crippen LogP contribution in [0.25, 0.3) is 0 Å². The first-order valence-corrected chi connectivity index (χ1v) is 6.97. The first kappa shape index (κ1) is 17.3. The van der Waals surface area contributed by atoms with E-state index in [9.17, 15) is 4.79 Å². The van der Waals surface area contributed by atoms with Crippen LogP contribution < -0.4 is 20.1 Å². The van der Waals surface area contributed by atoms with E-state index >= 15 is 0 Å². The average molecular weight is 296 g/mol. The first-order chi connectivity index (χ1) is 10.2. The average Bonchev–Trinajstić information content (AvgIpc) is 2.49. The van der Waals surface area contributed by atoms with Gasteiger partial charge in [0.05, 0.1) is 26.9 Å². The van der Waals surface area contributed by atoms with Crippen molar-refractivity contribution < 1.29 is 19.0 Å². The number of nitrogens with one attached hydrogen (secondary N) is 2. The van der Waals surface area contributed by atoms with E-state index in [2.05, 4.69) is 10.6 Å². The molecule has 118 valence electrons. The summed E-state index contributed by atoms with van der Waals surface area (Å²) in [5.74, 6) is 1.37. The molecule has 0 bridgehead atoms. The van der Waals surface area contributed by atoms with E-state index in [1.807, 2.05) is 25.1 Å². The zero-order valence-corrected chi connectivity index (χ0v) is 12.9. The van der Waals surface area contributed by atoms with Crippen LogP contribution in [0.3, 0.4) is 0 Å². The molecule has 0 aliphatic rings. The molecule has 2 N–H and O–H groups in total. The first-order valence-electron chi connectivity index (χ1n) is 6.97. The van der Waals surface area contributed by atoms with E-state index in [1.54, 1.807) is 14.2 Å². The molecular weight excluding hydrogens is 272 g/mol. The highest BCUT2D eigenvalue weighted by Crippen LogP contribution is 2.27. The summed E-state index contributed by atoms with van der Waals surface area (Å²) in [4.78, 5) is 11.5. The fourth-order valence-electron chi connectivity index (χ4n) is 1.77. The topological polar surface area (TPSA) is 68.8 Å². The highest BCUT2D eigenvalue weighted by atomic mass is 16.5. The Balaban J connectivity index is 2.39. The number of hydrogen-bond donors (Lipinski definition) is 2. The smallest absolute Gasteiger partial charge is 0.234 e. The SMILES string of the molecule is CCOc1ccc(CNCC(=O)NCCOC)cc1OC. The molecule has 6 nitrogen and oxygen atoms in total. The number of amides is 1. The number of rotatable bonds is 10. The van der Waals surface area contributed by atoms with E-state index in [0.717, 1.165) is 11.3 Å². The van der Waals surface area contributed by atoms with Crippen molar-refractivity contribution in [1.82, 2.24) is 10.6 Å². The Bertz CT molecular complexity index is 438. The summed E-state index contributed by atoms with van der Waals surface area (Å²) in [6.45, 7) is 4.40. The van der Waals surface area contributed by atoms with Gasteiger partial charge in [-0.15, -0.1) is 0 Å². The molecule has 1 aromatic rings. The van der Waals surface area contributed by atoms with Crippen LogP contribution in [0.5, 0.6) is 11.5 Å². The van der Waals surface area contributed by atoms with Crippen molar-refractivity contribution in [1.29, 1.82) is 0 Å². The fourth-order valence-corrected chi connectivity index (χ4v) is 1.77. The Labute approximate surface area is 125 Å². The van der Waals surface area contributed by atoms with Gasteiger partial charge in [0.15, 0.2) is 11.5 Å². The van der Waals surface area contributed by atoms with Gasteiger partial charge in [-0.2, -0.15) is 0 Å². The lowest BCUT2D eigenvalue weighted by Gasteiger charge is -2.11. The lowest BCUT2D eigenvalue weighted by molar-refractivity contribution is -0.120. The van der Waals surface area contributed by atoms with Crippen LogP contribution in [-0.2, 0) is 16.1 Å². The summed E-state index contributed by atoms with van der Waals surface area (Å²) in [7, 11) is 3.21. The van der Waals surface area contributed by atoms with Crippen LogP contribution in [0.4, 0.5) is 0 Å². The number of methoxy groups -OCH3 is 2. The van der Waals surface area contributed by atoms with Crippen molar-refractivity contribution in [2.45, 2.75) is 13.5 Å². The quantitative estimate of drug-likeness (QED) is 0.629. The summed E-state index contributed by atoms with van der Waals surface area (Å²) >= 11 is 0. The number of carbonyl (C=O) groups excluding carboxylic acids is 1. The summed E-state index contributed by atoms with van der Waals surface area (Å²) in [6.07, 6.45) is 0.